The minimum absolute atomic E-state index is 1.00. The summed E-state index contributed by atoms with van der Waals surface area (Å²) in [5, 5.41) is 3.11. The second-order valence-electron chi connectivity index (χ2n) is 3.13. The zero-order valence-electron chi connectivity index (χ0n) is 8.57. The molecule has 2 rings (SSSR count). The van der Waals surface area contributed by atoms with Crippen LogP contribution in [0.4, 0.5) is 0 Å². The van der Waals surface area contributed by atoms with Crippen LogP contribution >= 0.6 is 0 Å². The maximum atomic E-state index is 4.94. The van der Waals surface area contributed by atoms with E-state index in [0.717, 1.165) is 13.2 Å². The van der Waals surface area contributed by atoms with Crippen molar-refractivity contribution < 1.29 is 4.74 Å². The summed E-state index contributed by atoms with van der Waals surface area (Å²) >= 11 is 0. The van der Waals surface area contributed by atoms with E-state index in [1.807, 2.05) is 0 Å². The molecule has 0 aliphatic carbocycles. The van der Waals surface area contributed by atoms with Crippen LogP contribution in [0.2, 0.25) is 0 Å². The van der Waals surface area contributed by atoms with Gasteiger partial charge in [0.1, 0.15) is 0 Å². The Morgan fingerprint density at radius 1 is 1.00 bits per heavy atom. The van der Waals surface area contributed by atoms with E-state index in [9.17, 15) is 0 Å². The normalized spacial score (nSPS) is 19.5. The van der Waals surface area contributed by atoms with Gasteiger partial charge in [-0.05, 0) is 32.4 Å². The maximum absolute atomic E-state index is 4.94. The highest BCUT2D eigenvalue weighted by Crippen LogP contribution is 1.98. The van der Waals surface area contributed by atoms with E-state index in [0.29, 0.717) is 0 Å². The van der Waals surface area contributed by atoms with E-state index >= 15 is 0 Å². The van der Waals surface area contributed by atoms with Crippen LogP contribution in [0.1, 0.15) is 39.5 Å². The molecule has 2 saturated heterocycles. The summed E-state index contributed by atoms with van der Waals surface area (Å²) in [5.74, 6) is 0. The largest absolute Gasteiger partial charge is 0.381 e. The number of ether oxygens (including phenoxy) is 1. The van der Waals surface area contributed by atoms with Gasteiger partial charge in [0.25, 0.3) is 0 Å². The van der Waals surface area contributed by atoms with Crippen molar-refractivity contribution in [2.24, 2.45) is 0 Å². The van der Waals surface area contributed by atoms with Gasteiger partial charge in [-0.1, -0.05) is 20.3 Å². The summed E-state index contributed by atoms with van der Waals surface area (Å²) < 4.78 is 4.94. The molecular weight excluding hydrogens is 150 g/mol. The molecule has 12 heavy (non-hydrogen) atoms. The topological polar surface area (TPSA) is 21.3 Å². The molecule has 2 heterocycles. The number of nitrogens with one attached hydrogen (secondary N) is 1. The minimum Gasteiger partial charge on any atom is -0.381 e. The van der Waals surface area contributed by atoms with Crippen LogP contribution in [0.3, 0.4) is 0 Å². The molecule has 2 heteroatoms. The van der Waals surface area contributed by atoms with Gasteiger partial charge in [0.2, 0.25) is 0 Å². The third kappa shape index (κ3) is 9.92. The predicted molar refractivity (Wildman–Crippen MR) is 53.5 cm³/mol. The van der Waals surface area contributed by atoms with Crippen molar-refractivity contribution in [3.05, 3.63) is 0 Å². The Kier molecular flexibility index (Phi) is 10.8. The molecule has 0 aromatic heterocycles. The van der Waals surface area contributed by atoms with E-state index in [2.05, 4.69) is 19.2 Å². The molecule has 0 unspecified atom stereocenters. The zero-order chi connectivity index (χ0) is 9.07. The molecule has 1 N–H and O–H groups in total. The third-order valence-corrected chi connectivity index (χ3v) is 1.53. The first-order valence-corrected chi connectivity index (χ1v) is 5.20. The molecule has 0 bridgehead atoms. The SMILES string of the molecule is C1CCOC1.C1CNC1.CCC. The number of hydrogen-bond donors (Lipinski definition) is 1. The first kappa shape index (κ1) is 11.9. The minimum atomic E-state index is 1.00. The highest BCUT2D eigenvalue weighted by molar-refractivity contribution is 4.56. The van der Waals surface area contributed by atoms with Crippen molar-refractivity contribution in [1.29, 1.82) is 0 Å². The van der Waals surface area contributed by atoms with Crippen LogP contribution in [0.5, 0.6) is 0 Å². The van der Waals surface area contributed by atoms with Crippen LogP contribution < -0.4 is 5.32 Å². The second kappa shape index (κ2) is 10.9. The molecule has 0 radical (unpaired) electrons. The Labute approximate surface area is 76.7 Å². The van der Waals surface area contributed by atoms with Gasteiger partial charge in [0.05, 0.1) is 0 Å². The molecule has 2 aliphatic heterocycles. The Morgan fingerprint density at radius 3 is 1.42 bits per heavy atom. The Balaban J connectivity index is 0.000000158. The first-order chi connectivity index (χ1) is 5.91. The third-order valence-electron chi connectivity index (χ3n) is 1.53. The highest BCUT2D eigenvalue weighted by atomic mass is 16.5. The van der Waals surface area contributed by atoms with Gasteiger partial charge in [-0.25, -0.2) is 0 Å². The molecule has 0 amide bonds. The maximum Gasteiger partial charge on any atom is 0.0466 e. The molecule has 2 fully saturated rings. The van der Waals surface area contributed by atoms with Crippen LogP contribution in [0.15, 0.2) is 0 Å². The van der Waals surface area contributed by atoms with Crippen molar-refractivity contribution >= 4 is 0 Å². The monoisotopic (exact) mass is 173 g/mol. The molecule has 0 aromatic rings. The Hall–Kier alpha value is -0.0800. The number of hydrogen-bond acceptors (Lipinski definition) is 2. The van der Waals surface area contributed by atoms with E-state index in [-0.39, 0.29) is 0 Å². The Morgan fingerprint density at radius 2 is 1.33 bits per heavy atom. The molecule has 0 saturated carbocycles. The van der Waals surface area contributed by atoms with E-state index < -0.39 is 0 Å². The lowest BCUT2D eigenvalue weighted by molar-refractivity contribution is 0.198. The lowest BCUT2D eigenvalue weighted by Crippen LogP contribution is -2.29. The smallest absolute Gasteiger partial charge is 0.0466 e. The summed E-state index contributed by atoms with van der Waals surface area (Å²) in [6.07, 6.45) is 5.19. The summed E-state index contributed by atoms with van der Waals surface area (Å²) in [4.78, 5) is 0. The average Bonchev–Trinajstić information content (AvgIpc) is 2.36. The lowest BCUT2D eigenvalue weighted by atomic mass is 10.3. The molecule has 2 nitrogen and oxygen atoms in total. The van der Waals surface area contributed by atoms with Gasteiger partial charge < -0.3 is 10.1 Å². The van der Waals surface area contributed by atoms with Crippen molar-refractivity contribution in [3.8, 4) is 0 Å². The summed E-state index contributed by atoms with van der Waals surface area (Å²) in [6.45, 7) is 8.75. The van der Waals surface area contributed by atoms with Crippen LogP contribution in [-0.2, 0) is 4.74 Å². The summed E-state index contributed by atoms with van der Waals surface area (Å²) in [7, 11) is 0. The fraction of sp³-hybridized carbons (Fsp3) is 1.00. The first-order valence-electron chi connectivity index (χ1n) is 5.20. The molecule has 0 atom stereocenters. The zero-order valence-corrected chi connectivity index (χ0v) is 8.57. The van der Waals surface area contributed by atoms with Gasteiger partial charge in [0.15, 0.2) is 0 Å². The Bertz CT molecular complexity index is 56.6. The van der Waals surface area contributed by atoms with Crippen LogP contribution in [0.25, 0.3) is 0 Å². The molecule has 74 valence electrons. The standard InChI is InChI=1S/C4H8O.C3H7N.C3H8/c1-2-4-5-3-1;1-2-4-3-1;1-3-2/h1-4H2;4H,1-3H2;3H2,1-2H3. The lowest BCUT2D eigenvalue weighted by Gasteiger charge is -2.09. The van der Waals surface area contributed by atoms with Crippen molar-refractivity contribution in [3.63, 3.8) is 0 Å². The number of rotatable bonds is 0. The van der Waals surface area contributed by atoms with Gasteiger partial charge in [-0.3, -0.25) is 0 Å². The van der Waals surface area contributed by atoms with Crippen LogP contribution in [-0.4, -0.2) is 26.3 Å². The molecule has 0 aromatic carbocycles. The van der Waals surface area contributed by atoms with Crippen LogP contribution in [0, 0.1) is 0 Å². The van der Waals surface area contributed by atoms with Crippen molar-refractivity contribution in [2.75, 3.05) is 26.3 Å². The van der Waals surface area contributed by atoms with Crippen molar-refractivity contribution in [1.82, 2.24) is 5.32 Å². The van der Waals surface area contributed by atoms with Gasteiger partial charge in [-0.2, -0.15) is 0 Å². The van der Waals surface area contributed by atoms with Gasteiger partial charge in [0, 0.05) is 13.2 Å². The second-order valence-corrected chi connectivity index (χ2v) is 3.13. The fourth-order valence-corrected chi connectivity index (χ4v) is 0.687. The molecule has 2 aliphatic rings. The predicted octanol–water partition coefficient (Wildman–Crippen LogP) is 2.19. The van der Waals surface area contributed by atoms with Gasteiger partial charge >= 0.3 is 0 Å². The van der Waals surface area contributed by atoms with E-state index in [1.165, 1.54) is 38.8 Å². The highest BCUT2D eigenvalue weighted by Gasteiger charge is 1.94. The summed E-state index contributed by atoms with van der Waals surface area (Å²) in [5.41, 5.74) is 0. The van der Waals surface area contributed by atoms with E-state index in [1.54, 1.807) is 0 Å². The molecule has 0 spiro atoms. The van der Waals surface area contributed by atoms with E-state index in [4.69, 9.17) is 4.74 Å². The van der Waals surface area contributed by atoms with Crippen molar-refractivity contribution in [2.45, 2.75) is 39.5 Å². The quantitative estimate of drug-likeness (QED) is 0.606. The fourth-order valence-electron chi connectivity index (χ4n) is 0.687. The average molecular weight is 173 g/mol. The molecular formula is C10H23NO. The van der Waals surface area contributed by atoms with Gasteiger partial charge in [-0.15, -0.1) is 0 Å². The summed E-state index contributed by atoms with van der Waals surface area (Å²) in [6, 6.07) is 0.